The van der Waals surface area contributed by atoms with E-state index in [0.29, 0.717) is 28.4 Å². The summed E-state index contributed by atoms with van der Waals surface area (Å²) < 4.78 is 0. The van der Waals surface area contributed by atoms with Crippen LogP contribution < -0.4 is 9.80 Å². The van der Waals surface area contributed by atoms with Gasteiger partial charge in [0.25, 0.3) is 0 Å². The van der Waals surface area contributed by atoms with Crippen molar-refractivity contribution in [1.29, 1.82) is 0 Å². The molecule has 2 aliphatic carbocycles. The molecule has 3 aromatic carbocycles. The summed E-state index contributed by atoms with van der Waals surface area (Å²) in [7, 11) is 0. The Hall–Kier alpha value is -4.23. The highest BCUT2D eigenvalue weighted by Crippen LogP contribution is 2.59. The summed E-state index contributed by atoms with van der Waals surface area (Å²) in [6.45, 7) is 4.08. The molecule has 1 saturated carbocycles. The van der Waals surface area contributed by atoms with Crippen LogP contribution in [0.2, 0.25) is 5.02 Å². The third kappa shape index (κ3) is 4.24. The quantitative estimate of drug-likeness (QED) is 0.274. The second kappa shape index (κ2) is 10.7. The van der Waals surface area contributed by atoms with Crippen LogP contribution in [0.1, 0.15) is 49.3 Å². The molecular weight excluding hydrogens is 576 g/mol. The van der Waals surface area contributed by atoms with Gasteiger partial charge in [0, 0.05) is 16.5 Å². The van der Waals surface area contributed by atoms with Crippen LogP contribution in [0.25, 0.3) is 0 Å². The zero-order chi connectivity index (χ0) is 30.9. The number of hydrogen-bond acceptors (Lipinski definition) is 5. The van der Waals surface area contributed by atoms with Crippen LogP contribution >= 0.6 is 11.6 Å². The van der Waals surface area contributed by atoms with Crippen LogP contribution in [0.15, 0.2) is 78.4 Å². The molecule has 7 nitrogen and oxygen atoms in total. The molecule has 3 aromatic rings. The van der Waals surface area contributed by atoms with Gasteiger partial charge in [0.2, 0.25) is 23.6 Å². The summed E-state index contributed by atoms with van der Waals surface area (Å²) in [6, 6.07) is 19.6. The molecule has 0 radical (unpaired) electrons. The number of carbonyl (C=O) groups excluding carboxylic acids is 4. The van der Waals surface area contributed by atoms with Crippen molar-refractivity contribution in [3.05, 3.63) is 100 Å². The summed E-state index contributed by atoms with van der Waals surface area (Å²) in [4.78, 5) is 58.8. The van der Waals surface area contributed by atoms with Crippen molar-refractivity contribution >= 4 is 46.6 Å². The number of phenols is 1. The lowest BCUT2D eigenvalue weighted by Crippen LogP contribution is -2.43. The molecule has 4 amide bonds. The van der Waals surface area contributed by atoms with Gasteiger partial charge in [0.05, 0.1) is 35.0 Å². The van der Waals surface area contributed by atoms with Crippen LogP contribution in [0.5, 0.6) is 5.75 Å². The summed E-state index contributed by atoms with van der Waals surface area (Å²) in [5.41, 5.74) is 4.51. The maximum absolute atomic E-state index is 14.2. The number of phenolic OH excluding ortho intramolecular Hbond substituents is 1. The standard InChI is InChI=1S/C36H33ClN2O5/c1-3-19-5-10-22(11-6-19)38-33(41)25-15-14-24-26(31(25)35(38)43)18-28-32(30(24)27-17-21(37)9-16-29(27)40)36(44)39(34(28)42)23-12-7-20(4-2)8-13-23/h5-14,16-17,25-26,28,30-32,40H,3-4,15,18H2,1-2H3. The number of rotatable bonds is 5. The van der Waals surface area contributed by atoms with Gasteiger partial charge in [-0.3, -0.25) is 29.0 Å². The molecule has 0 spiro atoms. The molecule has 0 bridgehead atoms. The van der Waals surface area contributed by atoms with Gasteiger partial charge >= 0.3 is 0 Å². The second-order valence-electron chi connectivity index (χ2n) is 12.3. The number of fused-ring (bicyclic) bond motifs is 4. The molecule has 3 fully saturated rings. The van der Waals surface area contributed by atoms with Crippen molar-refractivity contribution in [3.8, 4) is 5.75 Å². The lowest BCUT2D eigenvalue weighted by molar-refractivity contribution is -0.126. The van der Waals surface area contributed by atoms with E-state index in [0.717, 1.165) is 29.5 Å². The van der Waals surface area contributed by atoms with E-state index in [9.17, 15) is 24.3 Å². The van der Waals surface area contributed by atoms with E-state index in [-0.39, 0.29) is 35.8 Å². The van der Waals surface area contributed by atoms with Crippen molar-refractivity contribution < 1.29 is 24.3 Å². The number of amides is 4. The van der Waals surface area contributed by atoms with E-state index in [4.69, 9.17) is 11.6 Å². The van der Waals surface area contributed by atoms with Gasteiger partial charge in [-0.2, -0.15) is 0 Å². The molecule has 44 heavy (non-hydrogen) atoms. The number of aromatic hydroxyl groups is 1. The Morgan fingerprint density at radius 1 is 0.705 bits per heavy atom. The van der Waals surface area contributed by atoms with Gasteiger partial charge in [0.15, 0.2) is 0 Å². The average molecular weight is 609 g/mol. The monoisotopic (exact) mass is 608 g/mol. The van der Waals surface area contributed by atoms with Crippen LogP contribution in [0, 0.1) is 29.6 Å². The maximum Gasteiger partial charge on any atom is 0.238 e. The summed E-state index contributed by atoms with van der Waals surface area (Å²) in [5, 5.41) is 11.5. The first-order valence-electron chi connectivity index (χ1n) is 15.3. The van der Waals surface area contributed by atoms with E-state index < -0.39 is 35.5 Å². The number of aryl methyl sites for hydroxylation is 2. The summed E-state index contributed by atoms with van der Waals surface area (Å²) in [6.07, 6.45) is 4.25. The topological polar surface area (TPSA) is 95.0 Å². The lowest BCUT2D eigenvalue weighted by atomic mass is 9.57. The number of imide groups is 2. The fourth-order valence-corrected chi connectivity index (χ4v) is 8.16. The fourth-order valence-electron chi connectivity index (χ4n) is 7.98. The minimum absolute atomic E-state index is 0.0284. The number of halogens is 1. The Labute approximate surface area is 261 Å². The number of allylic oxidation sites excluding steroid dienone is 2. The van der Waals surface area contributed by atoms with Gasteiger partial charge in [-0.05, 0) is 85.2 Å². The zero-order valence-electron chi connectivity index (χ0n) is 24.6. The third-order valence-electron chi connectivity index (χ3n) is 10.2. The van der Waals surface area contributed by atoms with Gasteiger partial charge in [0.1, 0.15) is 5.75 Å². The number of anilines is 2. The SMILES string of the molecule is CCc1ccc(N2C(=O)C3CC=C4C(CC5C(=O)N(c6ccc(CC)cc6)C(=O)C5C4c4cc(Cl)ccc4O)C3C2=O)cc1. The number of nitrogens with zero attached hydrogens (tertiary/aromatic N) is 2. The first-order chi connectivity index (χ1) is 21.2. The first kappa shape index (κ1) is 28.5. The van der Waals surface area contributed by atoms with Gasteiger partial charge in [-0.1, -0.05) is 61.4 Å². The molecule has 1 N–H and O–H groups in total. The van der Waals surface area contributed by atoms with Crippen molar-refractivity contribution in [3.63, 3.8) is 0 Å². The molecule has 4 aliphatic rings. The van der Waals surface area contributed by atoms with Crippen LogP contribution in [0.3, 0.4) is 0 Å². The van der Waals surface area contributed by atoms with E-state index in [2.05, 4.69) is 0 Å². The molecule has 2 saturated heterocycles. The molecule has 2 aliphatic heterocycles. The van der Waals surface area contributed by atoms with Crippen LogP contribution in [-0.4, -0.2) is 28.7 Å². The largest absolute Gasteiger partial charge is 0.508 e. The molecule has 224 valence electrons. The lowest BCUT2D eigenvalue weighted by Gasteiger charge is -2.44. The Kier molecular flexibility index (Phi) is 6.96. The van der Waals surface area contributed by atoms with Crippen molar-refractivity contribution in [2.24, 2.45) is 29.6 Å². The van der Waals surface area contributed by atoms with Crippen molar-refractivity contribution in [2.45, 2.75) is 45.4 Å². The molecule has 6 atom stereocenters. The predicted octanol–water partition coefficient (Wildman–Crippen LogP) is 6.22. The minimum Gasteiger partial charge on any atom is -0.508 e. The zero-order valence-corrected chi connectivity index (χ0v) is 25.3. The summed E-state index contributed by atoms with van der Waals surface area (Å²) in [5.74, 6) is -5.05. The van der Waals surface area contributed by atoms with Gasteiger partial charge in [-0.15, -0.1) is 0 Å². The predicted molar refractivity (Wildman–Crippen MR) is 167 cm³/mol. The van der Waals surface area contributed by atoms with E-state index in [1.165, 1.54) is 15.9 Å². The fraction of sp³-hybridized carbons (Fsp3) is 0.333. The smallest absolute Gasteiger partial charge is 0.238 e. The van der Waals surface area contributed by atoms with Gasteiger partial charge in [-0.25, -0.2) is 0 Å². The number of benzene rings is 3. The number of carbonyl (C=O) groups is 4. The van der Waals surface area contributed by atoms with Crippen LogP contribution in [0.4, 0.5) is 11.4 Å². The maximum atomic E-state index is 14.2. The van der Waals surface area contributed by atoms with E-state index in [1.807, 2.05) is 56.3 Å². The average Bonchev–Trinajstić information content (AvgIpc) is 3.45. The van der Waals surface area contributed by atoms with Crippen molar-refractivity contribution in [2.75, 3.05) is 9.80 Å². The van der Waals surface area contributed by atoms with Crippen LogP contribution in [-0.2, 0) is 32.0 Å². The molecular formula is C36H33ClN2O5. The highest BCUT2D eigenvalue weighted by atomic mass is 35.5. The van der Waals surface area contributed by atoms with Crippen molar-refractivity contribution in [1.82, 2.24) is 0 Å². The third-order valence-corrected chi connectivity index (χ3v) is 10.4. The second-order valence-corrected chi connectivity index (χ2v) is 12.7. The molecule has 0 aromatic heterocycles. The number of hydrogen-bond donors (Lipinski definition) is 1. The van der Waals surface area contributed by atoms with Gasteiger partial charge < -0.3 is 5.11 Å². The Morgan fingerprint density at radius 2 is 1.25 bits per heavy atom. The molecule has 7 rings (SSSR count). The summed E-state index contributed by atoms with van der Waals surface area (Å²) >= 11 is 6.41. The Bertz CT molecular complexity index is 1730. The Balaban J connectivity index is 1.32. The molecule has 6 unspecified atom stereocenters. The normalized spacial score (nSPS) is 27.8. The molecule has 8 heteroatoms. The highest BCUT2D eigenvalue weighted by Gasteiger charge is 2.62. The highest BCUT2D eigenvalue weighted by molar-refractivity contribution is 6.30. The van der Waals surface area contributed by atoms with E-state index >= 15 is 0 Å². The first-order valence-corrected chi connectivity index (χ1v) is 15.7. The van der Waals surface area contributed by atoms with E-state index in [1.54, 1.807) is 24.3 Å². The Morgan fingerprint density at radius 3 is 1.82 bits per heavy atom. The minimum atomic E-state index is -0.776. The molecule has 2 heterocycles.